The van der Waals surface area contributed by atoms with Crippen molar-refractivity contribution in [2.45, 2.75) is 44.6 Å². The molecule has 0 bridgehead atoms. The van der Waals surface area contributed by atoms with Gasteiger partial charge in [-0.1, -0.05) is 65.9 Å². The number of rotatable bonds is 6. The number of aryl methyl sites for hydroxylation is 2. The highest BCUT2D eigenvalue weighted by atomic mass is 32.2. The number of anilines is 1. The fourth-order valence-electron chi connectivity index (χ4n) is 3.64. The second kappa shape index (κ2) is 8.98. The van der Waals surface area contributed by atoms with E-state index in [1.54, 1.807) is 16.4 Å². The number of nitrogens with zero attached hydrogens (tertiary/aromatic N) is 3. The fourth-order valence-corrected chi connectivity index (χ4v) is 4.54. The van der Waals surface area contributed by atoms with Crippen LogP contribution < -0.4 is 5.32 Å². The quantitative estimate of drug-likeness (QED) is 0.433. The van der Waals surface area contributed by atoms with Crippen molar-refractivity contribution in [2.24, 2.45) is 0 Å². The molecule has 6 nitrogen and oxygen atoms in total. The molecular formula is C24H26N4O2S. The zero-order chi connectivity index (χ0) is 22.0. The Labute approximate surface area is 186 Å². The number of esters is 1. The van der Waals surface area contributed by atoms with E-state index in [0.29, 0.717) is 23.3 Å². The lowest BCUT2D eigenvalue weighted by atomic mass is 9.95. The number of carbonyl (C=O) groups is 1. The highest BCUT2D eigenvalue weighted by molar-refractivity contribution is 7.98. The number of nitrogens with one attached hydrogen (secondary N) is 1. The van der Waals surface area contributed by atoms with E-state index in [4.69, 9.17) is 14.8 Å². The standard InChI is InChI=1S/C24H26N4O2S/c1-5-30-22(29)20-17(4)25-23-26-24(31-14-19-9-7-6-8-16(19)3)27-28(23)21(20)18-12-10-15(2)11-13-18/h6-13,21H,5,14H2,1-4H3,(H,25,26,27). The first-order valence-electron chi connectivity index (χ1n) is 10.3. The third kappa shape index (κ3) is 4.37. The van der Waals surface area contributed by atoms with Crippen LogP contribution in [0.15, 0.2) is 65.0 Å². The maximum absolute atomic E-state index is 12.8. The molecule has 2 heterocycles. The van der Waals surface area contributed by atoms with Gasteiger partial charge in [0, 0.05) is 11.4 Å². The van der Waals surface area contributed by atoms with Crippen molar-refractivity contribution < 1.29 is 9.53 Å². The SMILES string of the molecule is CCOC(=O)C1=C(C)Nc2nc(SCc3ccccc3C)nn2C1c1ccc(C)cc1. The van der Waals surface area contributed by atoms with Crippen LogP contribution in [-0.4, -0.2) is 27.3 Å². The smallest absolute Gasteiger partial charge is 0.338 e. The largest absolute Gasteiger partial charge is 0.463 e. The van der Waals surface area contributed by atoms with E-state index < -0.39 is 6.04 Å². The van der Waals surface area contributed by atoms with Crippen molar-refractivity contribution in [1.29, 1.82) is 0 Å². The number of hydrogen-bond donors (Lipinski definition) is 1. The van der Waals surface area contributed by atoms with E-state index in [1.807, 2.05) is 57.2 Å². The van der Waals surface area contributed by atoms with E-state index >= 15 is 0 Å². The maximum Gasteiger partial charge on any atom is 0.338 e. The van der Waals surface area contributed by atoms with Crippen LogP contribution in [0.1, 0.15) is 42.1 Å². The zero-order valence-corrected chi connectivity index (χ0v) is 19.0. The van der Waals surface area contributed by atoms with Crippen LogP contribution in [0.5, 0.6) is 0 Å². The van der Waals surface area contributed by atoms with Crippen molar-refractivity contribution in [3.05, 3.63) is 82.1 Å². The number of hydrogen-bond acceptors (Lipinski definition) is 6. The normalized spacial score (nSPS) is 15.4. The average Bonchev–Trinajstić information content (AvgIpc) is 3.15. The van der Waals surface area contributed by atoms with E-state index in [0.717, 1.165) is 22.6 Å². The summed E-state index contributed by atoms with van der Waals surface area (Å²) in [5.74, 6) is 1.07. The minimum atomic E-state index is -0.392. The summed E-state index contributed by atoms with van der Waals surface area (Å²) in [5, 5.41) is 8.68. The van der Waals surface area contributed by atoms with Crippen LogP contribution in [0, 0.1) is 13.8 Å². The molecule has 160 valence electrons. The monoisotopic (exact) mass is 434 g/mol. The predicted octanol–water partition coefficient (Wildman–Crippen LogP) is 5.04. The number of aromatic nitrogens is 3. The van der Waals surface area contributed by atoms with Gasteiger partial charge < -0.3 is 10.1 Å². The van der Waals surface area contributed by atoms with E-state index in [-0.39, 0.29) is 5.97 Å². The second-order valence-electron chi connectivity index (χ2n) is 7.58. The first-order chi connectivity index (χ1) is 15.0. The van der Waals surface area contributed by atoms with Crippen molar-refractivity contribution >= 4 is 23.7 Å². The lowest BCUT2D eigenvalue weighted by molar-refractivity contribution is -0.139. The molecule has 0 aliphatic carbocycles. The Balaban J connectivity index is 1.70. The van der Waals surface area contributed by atoms with Gasteiger partial charge in [0.05, 0.1) is 12.2 Å². The number of thioether (sulfide) groups is 1. The Morgan fingerprint density at radius 2 is 1.87 bits per heavy atom. The van der Waals surface area contributed by atoms with Gasteiger partial charge in [-0.05, 0) is 44.4 Å². The summed E-state index contributed by atoms with van der Waals surface area (Å²) in [5.41, 5.74) is 5.92. The molecule has 1 atom stereocenters. The van der Waals surface area contributed by atoms with Gasteiger partial charge in [-0.25, -0.2) is 9.48 Å². The summed E-state index contributed by atoms with van der Waals surface area (Å²) in [4.78, 5) is 17.5. The minimum absolute atomic E-state index is 0.317. The van der Waals surface area contributed by atoms with Crippen molar-refractivity contribution in [2.75, 3.05) is 11.9 Å². The summed E-state index contributed by atoms with van der Waals surface area (Å²) < 4.78 is 7.16. The van der Waals surface area contributed by atoms with E-state index in [9.17, 15) is 4.79 Å². The lowest BCUT2D eigenvalue weighted by Crippen LogP contribution is -2.29. The van der Waals surface area contributed by atoms with Gasteiger partial charge in [0.15, 0.2) is 0 Å². The van der Waals surface area contributed by atoms with Crippen LogP contribution in [0.3, 0.4) is 0 Å². The lowest BCUT2D eigenvalue weighted by Gasteiger charge is -2.28. The molecule has 1 aliphatic heterocycles. The summed E-state index contributed by atoms with van der Waals surface area (Å²) in [6.07, 6.45) is 0. The average molecular weight is 435 g/mol. The topological polar surface area (TPSA) is 69.0 Å². The molecule has 1 aliphatic rings. The molecule has 0 spiro atoms. The minimum Gasteiger partial charge on any atom is -0.463 e. The molecule has 0 saturated carbocycles. The summed E-state index contributed by atoms with van der Waals surface area (Å²) in [7, 11) is 0. The molecular weight excluding hydrogens is 408 g/mol. The number of ether oxygens (including phenoxy) is 1. The third-order valence-electron chi connectivity index (χ3n) is 5.34. The molecule has 1 aromatic heterocycles. The third-order valence-corrected chi connectivity index (χ3v) is 6.23. The van der Waals surface area contributed by atoms with Gasteiger partial charge in [-0.2, -0.15) is 4.98 Å². The molecule has 1 unspecified atom stereocenters. The van der Waals surface area contributed by atoms with Gasteiger partial charge in [0.2, 0.25) is 11.1 Å². The summed E-state index contributed by atoms with van der Waals surface area (Å²) in [6.45, 7) is 8.16. The molecule has 0 radical (unpaired) electrons. The molecule has 1 N–H and O–H groups in total. The molecule has 0 amide bonds. The van der Waals surface area contributed by atoms with Crippen LogP contribution >= 0.6 is 11.8 Å². The molecule has 7 heteroatoms. The van der Waals surface area contributed by atoms with Crippen LogP contribution in [0.25, 0.3) is 0 Å². The number of carbonyl (C=O) groups excluding carboxylic acids is 1. The maximum atomic E-state index is 12.8. The predicted molar refractivity (Wildman–Crippen MR) is 123 cm³/mol. The van der Waals surface area contributed by atoms with Crippen LogP contribution in [0.4, 0.5) is 5.95 Å². The van der Waals surface area contributed by atoms with E-state index in [1.165, 1.54) is 11.1 Å². The number of allylic oxidation sites excluding steroid dienone is 1. The first kappa shape index (κ1) is 21.2. The second-order valence-corrected chi connectivity index (χ2v) is 8.52. The Morgan fingerprint density at radius 1 is 1.13 bits per heavy atom. The summed E-state index contributed by atoms with van der Waals surface area (Å²) >= 11 is 1.58. The molecule has 3 aromatic rings. The Kier molecular flexibility index (Phi) is 6.13. The van der Waals surface area contributed by atoms with Gasteiger partial charge in [-0.3, -0.25) is 0 Å². The van der Waals surface area contributed by atoms with Gasteiger partial charge in [0.25, 0.3) is 0 Å². The van der Waals surface area contributed by atoms with Crippen LogP contribution in [0.2, 0.25) is 0 Å². The summed E-state index contributed by atoms with van der Waals surface area (Å²) in [6, 6.07) is 16.1. The molecule has 0 fully saturated rings. The first-order valence-corrected chi connectivity index (χ1v) is 11.3. The fraction of sp³-hybridized carbons (Fsp3) is 0.292. The van der Waals surface area contributed by atoms with Crippen molar-refractivity contribution in [1.82, 2.24) is 14.8 Å². The van der Waals surface area contributed by atoms with Gasteiger partial charge in [-0.15, -0.1) is 5.10 Å². The molecule has 4 rings (SSSR count). The number of benzene rings is 2. The van der Waals surface area contributed by atoms with Crippen molar-refractivity contribution in [3.8, 4) is 0 Å². The van der Waals surface area contributed by atoms with Crippen LogP contribution in [-0.2, 0) is 15.3 Å². The van der Waals surface area contributed by atoms with Gasteiger partial charge >= 0.3 is 5.97 Å². The van der Waals surface area contributed by atoms with Gasteiger partial charge in [0.1, 0.15) is 6.04 Å². The zero-order valence-electron chi connectivity index (χ0n) is 18.2. The highest BCUT2D eigenvalue weighted by Crippen LogP contribution is 2.37. The number of fused-ring (bicyclic) bond motifs is 1. The molecule has 2 aromatic carbocycles. The Hall–Kier alpha value is -3.06. The molecule has 31 heavy (non-hydrogen) atoms. The highest BCUT2D eigenvalue weighted by Gasteiger charge is 2.35. The molecule has 0 saturated heterocycles. The van der Waals surface area contributed by atoms with Crippen molar-refractivity contribution in [3.63, 3.8) is 0 Å². The van der Waals surface area contributed by atoms with E-state index in [2.05, 4.69) is 24.4 Å². The Morgan fingerprint density at radius 3 is 2.58 bits per heavy atom. The Bertz CT molecular complexity index is 1130.